The third-order valence-electron chi connectivity index (χ3n) is 2.23. The fourth-order valence-corrected chi connectivity index (χ4v) is 1.59. The lowest BCUT2D eigenvalue weighted by atomic mass is 9.97. The first-order chi connectivity index (χ1) is 5.65. The highest BCUT2D eigenvalue weighted by atomic mass is 16.6. The molecule has 1 N–H and O–H groups in total. The zero-order valence-corrected chi connectivity index (χ0v) is 7.96. The first kappa shape index (κ1) is 9.36. The molecule has 2 unspecified atom stereocenters. The number of carbonyl (C=O) groups is 1. The van der Waals surface area contributed by atoms with Crippen LogP contribution in [0, 0.1) is 5.92 Å². The summed E-state index contributed by atoms with van der Waals surface area (Å²) in [5, 5.41) is 2.83. The van der Waals surface area contributed by atoms with Crippen LogP contribution in [0.15, 0.2) is 0 Å². The van der Waals surface area contributed by atoms with Gasteiger partial charge in [-0.05, 0) is 12.3 Å². The van der Waals surface area contributed by atoms with Crippen molar-refractivity contribution in [3.8, 4) is 0 Å². The largest absolute Gasteiger partial charge is 0.444 e. The molecule has 0 aromatic heterocycles. The van der Waals surface area contributed by atoms with Crippen molar-refractivity contribution in [3.05, 3.63) is 0 Å². The quantitative estimate of drug-likeness (QED) is 0.704. The van der Waals surface area contributed by atoms with E-state index in [1.54, 1.807) is 0 Å². The second-order valence-corrected chi connectivity index (χ2v) is 3.65. The van der Waals surface area contributed by atoms with Gasteiger partial charge in [-0.3, -0.25) is 0 Å². The minimum Gasteiger partial charge on any atom is -0.444 e. The van der Waals surface area contributed by atoms with Gasteiger partial charge >= 0.3 is 6.09 Å². The number of nitrogens with one attached hydrogen (secondary N) is 1. The van der Waals surface area contributed by atoms with Crippen LogP contribution < -0.4 is 5.32 Å². The molecule has 2 atom stereocenters. The molecule has 0 aliphatic carbocycles. The fourth-order valence-electron chi connectivity index (χ4n) is 1.59. The average molecular weight is 171 g/mol. The topological polar surface area (TPSA) is 38.3 Å². The molecule has 0 saturated carbocycles. The summed E-state index contributed by atoms with van der Waals surface area (Å²) in [6.45, 7) is 6.30. The Hall–Kier alpha value is -0.730. The molecule has 0 aromatic carbocycles. The Kier molecular flexibility index (Phi) is 2.95. The third-order valence-corrected chi connectivity index (χ3v) is 2.23. The number of carbonyl (C=O) groups excluding carboxylic acids is 1. The number of hydrogen-bond donors (Lipinski definition) is 1. The van der Waals surface area contributed by atoms with Crippen LogP contribution in [0.2, 0.25) is 0 Å². The third kappa shape index (κ3) is 1.90. The van der Waals surface area contributed by atoms with Crippen LogP contribution >= 0.6 is 0 Å². The van der Waals surface area contributed by atoms with E-state index in [1.165, 1.54) is 0 Å². The van der Waals surface area contributed by atoms with Crippen LogP contribution in [-0.4, -0.2) is 18.2 Å². The van der Waals surface area contributed by atoms with Crippen molar-refractivity contribution < 1.29 is 9.53 Å². The Balaban J connectivity index is 2.53. The summed E-state index contributed by atoms with van der Waals surface area (Å²) in [7, 11) is 0. The van der Waals surface area contributed by atoms with Crippen LogP contribution in [0.3, 0.4) is 0 Å². The summed E-state index contributed by atoms with van der Waals surface area (Å²) in [5.74, 6) is 0.452. The average Bonchev–Trinajstić information content (AvgIpc) is 2.32. The first-order valence-corrected chi connectivity index (χ1v) is 4.62. The summed E-state index contributed by atoms with van der Waals surface area (Å²) in [6, 6.07) is 0.206. The van der Waals surface area contributed by atoms with E-state index in [-0.39, 0.29) is 18.2 Å². The molecule has 0 bridgehead atoms. The van der Waals surface area contributed by atoms with Crippen LogP contribution in [0.25, 0.3) is 0 Å². The van der Waals surface area contributed by atoms with Gasteiger partial charge < -0.3 is 10.1 Å². The van der Waals surface area contributed by atoms with Gasteiger partial charge in [-0.2, -0.15) is 0 Å². The van der Waals surface area contributed by atoms with Crippen LogP contribution in [0.1, 0.15) is 33.6 Å². The zero-order chi connectivity index (χ0) is 9.14. The van der Waals surface area contributed by atoms with Crippen LogP contribution in [-0.2, 0) is 4.74 Å². The Labute approximate surface area is 73.5 Å². The van der Waals surface area contributed by atoms with E-state index in [9.17, 15) is 4.79 Å². The summed E-state index contributed by atoms with van der Waals surface area (Å²) < 4.78 is 5.13. The second kappa shape index (κ2) is 3.78. The second-order valence-electron chi connectivity index (χ2n) is 3.65. The highest BCUT2D eigenvalue weighted by Crippen LogP contribution is 2.19. The van der Waals surface area contributed by atoms with E-state index in [0.29, 0.717) is 5.92 Å². The molecule has 70 valence electrons. The van der Waals surface area contributed by atoms with Gasteiger partial charge in [-0.1, -0.05) is 27.2 Å². The minimum absolute atomic E-state index is 0.0856. The van der Waals surface area contributed by atoms with Crippen molar-refractivity contribution >= 4 is 6.09 Å². The van der Waals surface area contributed by atoms with Crippen molar-refractivity contribution in [2.24, 2.45) is 5.92 Å². The first-order valence-electron chi connectivity index (χ1n) is 4.62. The van der Waals surface area contributed by atoms with Crippen molar-refractivity contribution in [1.29, 1.82) is 0 Å². The monoisotopic (exact) mass is 171 g/mol. The Morgan fingerprint density at radius 3 is 2.75 bits per heavy atom. The van der Waals surface area contributed by atoms with E-state index < -0.39 is 0 Å². The predicted octanol–water partition coefficient (Wildman–Crippen LogP) is 1.92. The highest BCUT2D eigenvalue weighted by Gasteiger charge is 2.34. The van der Waals surface area contributed by atoms with E-state index >= 15 is 0 Å². The molecule has 0 aromatic rings. The van der Waals surface area contributed by atoms with Gasteiger partial charge in [0, 0.05) is 0 Å². The number of amides is 1. The summed E-state index contributed by atoms with van der Waals surface area (Å²) >= 11 is 0. The molecule has 1 fully saturated rings. The summed E-state index contributed by atoms with van der Waals surface area (Å²) in [5.41, 5.74) is 0. The highest BCUT2D eigenvalue weighted by molar-refractivity contribution is 5.70. The van der Waals surface area contributed by atoms with Gasteiger partial charge in [0.15, 0.2) is 0 Å². The SMILES string of the molecule is CCCC1OC(=O)NC1C(C)C. The van der Waals surface area contributed by atoms with Crippen molar-refractivity contribution in [2.75, 3.05) is 0 Å². The van der Waals surface area contributed by atoms with E-state index in [0.717, 1.165) is 12.8 Å². The van der Waals surface area contributed by atoms with E-state index in [2.05, 4.69) is 26.1 Å². The fraction of sp³-hybridized carbons (Fsp3) is 0.889. The zero-order valence-electron chi connectivity index (χ0n) is 7.96. The Morgan fingerprint density at radius 2 is 2.25 bits per heavy atom. The molecular formula is C9H17NO2. The van der Waals surface area contributed by atoms with Gasteiger partial charge in [-0.15, -0.1) is 0 Å². The van der Waals surface area contributed by atoms with Crippen LogP contribution in [0.4, 0.5) is 4.79 Å². The lowest BCUT2D eigenvalue weighted by molar-refractivity contribution is 0.119. The van der Waals surface area contributed by atoms with E-state index in [4.69, 9.17) is 4.74 Å². The van der Waals surface area contributed by atoms with Gasteiger partial charge in [0.05, 0.1) is 6.04 Å². The molecule has 1 aliphatic heterocycles. The molecule has 1 heterocycles. The van der Waals surface area contributed by atoms with Gasteiger partial charge in [0.1, 0.15) is 6.10 Å². The van der Waals surface area contributed by atoms with Crippen molar-refractivity contribution in [1.82, 2.24) is 5.32 Å². The summed E-state index contributed by atoms with van der Waals surface area (Å²) in [6.07, 6.45) is 1.85. The molecular weight excluding hydrogens is 154 g/mol. The number of cyclic esters (lactones) is 1. The summed E-state index contributed by atoms with van der Waals surface area (Å²) in [4.78, 5) is 10.9. The smallest absolute Gasteiger partial charge is 0.407 e. The lowest BCUT2D eigenvalue weighted by Crippen LogP contribution is -2.36. The van der Waals surface area contributed by atoms with Crippen LogP contribution in [0.5, 0.6) is 0 Å². The maximum Gasteiger partial charge on any atom is 0.407 e. The van der Waals surface area contributed by atoms with Gasteiger partial charge in [0.2, 0.25) is 0 Å². The number of rotatable bonds is 3. The van der Waals surface area contributed by atoms with Crippen molar-refractivity contribution in [2.45, 2.75) is 45.8 Å². The van der Waals surface area contributed by atoms with E-state index in [1.807, 2.05) is 0 Å². The van der Waals surface area contributed by atoms with Gasteiger partial charge in [-0.25, -0.2) is 4.79 Å². The maximum absolute atomic E-state index is 10.9. The Bertz CT molecular complexity index is 168. The molecule has 1 rings (SSSR count). The molecule has 0 radical (unpaired) electrons. The molecule has 1 aliphatic rings. The molecule has 12 heavy (non-hydrogen) atoms. The lowest BCUT2D eigenvalue weighted by Gasteiger charge is -2.19. The molecule has 1 saturated heterocycles. The normalized spacial score (nSPS) is 28.8. The Morgan fingerprint density at radius 1 is 1.58 bits per heavy atom. The number of ether oxygens (including phenoxy) is 1. The maximum atomic E-state index is 10.9. The number of alkyl carbamates (subject to hydrolysis) is 1. The molecule has 0 spiro atoms. The standard InChI is InChI=1S/C9H17NO2/c1-4-5-7-8(6(2)3)10-9(11)12-7/h6-8H,4-5H2,1-3H3,(H,10,11). The minimum atomic E-state index is -0.257. The number of hydrogen-bond acceptors (Lipinski definition) is 2. The molecule has 1 amide bonds. The molecule has 3 heteroatoms. The molecule has 3 nitrogen and oxygen atoms in total. The van der Waals surface area contributed by atoms with Gasteiger partial charge in [0.25, 0.3) is 0 Å². The van der Waals surface area contributed by atoms with Crippen molar-refractivity contribution in [3.63, 3.8) is 0 Å². The predicted molar refractivity (Wildman–Crippen MR) is 46.9 cm³/mol.